The molecular weight excluding hydrogens is 340 g/mol. The molecule has 5 nitrogen and oxygen atoms in total. The van der Waals surface area contributed by atoms with Gasteiger partial charge >= 0.3 is 0 Å². The maximum Gasteiger partial charge on any atom is 0.275 e. The SMILES string of the molecule is COc1ccccc1OCCNC(=O)C[NH2+][C@@H](C)c1cccc(Cl)c1. The van der Waals surface area contributed by atoms with Crippen LogP contribution in [0.3, 0.4) is 0 Å². The topological polar surface area (TPSA) is 64.2 Å². The van der Waals surface area contributed by atoms with Gasteiger partial charge in [-0.3, -0.25) is 4.79 Å². The van der Waals surface area contributed by atoms with Crippen LogP contribution >= 0.6 is 11.6 Å². The molecule has 1 amide bonds. The van der Waals surface area contributed by atoms with Crippen LogP contribution in [0.1, 0.15) is 18.5 Å². The van der Waals surface area contributed by atoms with Gasteiger partial charge in [0.1, 0.15) is 12.6 Å². The zero-order chi connectivity index (χ0) is 18.1. The van der Waals surface area contributed by atoms with Crippen LogP contribution < -0.4 is 20.1 Å². The molecule has 0 aliphatic heterocycles. The summed E-state index contributed by atoms with van der Waals surface area (Å²) in [4.78, 5) is 11.9. The number of quaternary nitrogens is 1. The standard InChI is InChI=1S/C19H23ClN2O3/c1-14(15-6-5-7-16(20)12-15)22-13-19(23)21-10-11-25-18-9-4-3-8-17(18)24-2/h3-9,12,14,22H,10-11,13H2,1-2H3,(H,21,23)/p+1/t14-/m0/s1. The second-order valence-corrected chi connectivity index (χ2v) is 6.07. The molecule has 0 radical (unpaired) electrons. The van der Waals surface area contributed by atoms with Crippen molar-refractivity contribution >= 4 is 17.5 Å². The molecule has 0 spiro atoms. The Balaban J connectivity index is 1.67. The number of carbonyl (C=O) groups excluding carboxylic acids is 1. The Bertz CT molecular complexity index is 694. The van der Waals surface area contributed by atoms with Crippen LogP contribution in [0, 0.1) is 0 Å². The molecule has 0 aromatic heterocycles. The molecule has 0 saturated carbocycles. The van der Waals surface area contributed by atoms with Gasteiger partial charge in [0.05, 0.1) is 13.7 Å². The second-order valence-electron chi connectivity index (χ2n) is 5.63. The van der Waals surface area contributed by atoms with Crippen molar-refractivity contribution in [3.8, 4) is 11.5 Å². The Labute approximate surface area is 153 Å². The number of para-hydroxylation sites is 2. The van der Waals surface area contributed by atoms with Crippen LogP contribution in [0.15, 0.2) is 48.5 Å². The first-order chi connectivity index (χ1) is 12.1. The summed E-state index contributed by atoms with van der Waals surface area (Å²) >= 11 is 5.99. The molecule has 2 aromatic rings. The van der Waals surface area contributed by atoms with E-state index in [0.29, 0.717) is 36.2 Å². The predicted octanol–water partition coefficient (Wildman–Crippen LogP) is 2.17. The zero-order valence-corrected chi connectivity index (χ0v) is 15.3. The molecule has 0 aliphatic carbocycles. The van der Waals surface area contributed by atoms with Gasteiger partial charge in [-0.2, -0.15) is 0 Å². The van der Waals surface area contributed by atoms with Crippen molar-refractivity contribution in [3.05, 3.63) is 59.1 Å². The maximum atomic E-state index is 11.9. The summed E-state index contributed by atoms with van der Waals surface area (Å²) in [5, 5.41) is 5.53. The van der Waals surface area contributed by atoms with E-state index >= 15 is 0 Å². The lowest BCUT2D eigenvalue weighted by atomic mass is 10.1. The van der Waals surface area contributed by atoms with Gasteiger partial charge in [0.2, 0.25) is 0 Å². The van der Waals surface area contributed by atoms with E-state index in [1.807, 2.05) is 60.8 Å². The van der Waals surface area contributed by atoms with Crippen LogP contribution in [0.25, 0.3) is 0 Å². The van der Waals surface area contributed by atoms with Gasteiger partial charge in [-0.15, -0.1) is 0 Å². The quantitative estimate of drug-likeness (QED) is 0.671. The van der Waals surface area contributed by atoms with Crippen molar-refractivity contribution in [3.63, 3.8) is 0 Å². The van der Waals surface area contributed by atoms with Crippen molar-refractivity contribution in [2.24, 2.45) is 0 Å². The number of benzene rings is 2. The van der Waals surface area contributed by atoms with Gasteiger partial charge in [-0.25, -0.2) is 0 Å². The molecule has 0 fully saturated rings. The second kappa shape index (κ2) is 9.91. The minimum atomic E-state index is -0.0301. The van der Waals surface area contributed by atoms with Crippen molar-refractivity contribution in [1.29, 1.82) is 0 Å². The third-order valence-corrected chi connectivity index (χ3v) is 4.02. The first-order valence-corrected chi connectivity index (χ1v) is 8.59. The number of carbonyl (C=O) groups is 1. The number of halogens is 1. The summed E-state index contributed by atoms with van der Waals surface area (Å²) in [6.07, 6.45) is 0. The van der Waals surface area contributed by atoms with E-state index in [1.165, 1.54) is 0 Å². The maximum absolute atomic E-state index is 11.9. The summed E-state index contributed by atoms with van der Waals surface area (Å²) in [6, 6.07) is 15.3. The molecular formula is C19H24ClN2O3+. The Morgan fingerprint density at radius 1 is 1.20 bits per heavy atom. The summed E-state index contributed by atoms with van der Waals surface area (Å²) in [7, 11) is 1.60. The summed E-state index contributed by atoms with van der Waals surface area (Å²) < 4.78 is 10.8. The van der Waals surface area contributed by atoms with E-state index in [9.17, 15) is 4.79 Å². The van der Waals surface area contributed by atoms with Crippen molar-refractivity contribution in [2.45, 2.75) is 13.0 Å². The molecule has 2 rings (SSSR count). The third kappa shape index (κ3) is 6.29. The number of hydrogen-bond acceptors (Lipinski definition) is 3. The number of nitrogens with one attached hydrogen (secondary N) is 1. The van der Waals surface area contributed by atoms with Gasteiger partial charge in [0.15, 0.2) is 18.0 Å². The fraction of sp³-hybridized carbons (Fsp3) is 0.316. The minimum Gasteiger partial charge on any atom is -0.493 e. The van der Waals surface area contributed by atoms with Crippen LogP contribution in [0.5, 0.6) is 11.5 Å². The molecule has 3 N–H and O–H groups in total. The molecule has 0 unspecified atom stereocenters. The number of amides is 1. The Morgan fingerprint density at radius 3 is 2.68 bits per heavy atom. The number of ether oxygens (including phenoxy) is 2. The average Bonchev–Trinajstić information content (AvgIpc) is 2.63. The lowest BCUT2D eigenvalue weighted by molar-refractivity contribution is -0.682. The van der Waals surface area contributed by atoms with Gasteiger partial charge in [-0.1, -0.05) is 35.9 Å². The van der Waals surface area contributed by atoms with Gasteiger partial charge < -0.3 is 20.1 Å². The lowest BCUT2D eigenvalue weighted by Crippen LogP contribution is -2.87. The largest absolute Gasteiger partial charge is 0.493 e. The highest BCUT2D eigenvalue weighted by Crippen LogP contribution is 2.25. The van der Waals surface area contributed by atoms with Crippen molar-refractivity contribution in [1.82, 2.24) is 5.32 Å². The van der Waals surface area contributed by atoms with Gasteiger partial charge in [-0.05, 0) is 31.2 Å². The molecule has 2 aromatic carbocycles. The Kier molecular flexibility index (Phi) is 7.57. The third-order valence-electron chi connectivity index (χ3n) is 3.78. The fourth-order valence-electron chi connectivity index (χ4n) is 2.37. The van der Waals surface area contributed by atoms with Gasteiger partial charge in [0, 0.05) is 10.6 Å². The highest BCUT2D eigenvalue weighted by Gasteiger charge is 2.11. The fourth-order valence-corrected chi connectivity index (χ4v) is 2.57. The van der Waals surface area contributed by atoms with Crippen LogP contribution in [0.2, 0.25) is 5.02 Å². The Hall–Kier alpha value is -2.24. The summed E-state index contributed by atoms with van der Waals surface area (Å²) in [5.74, 6) is 1.32. The van der Waals surface area contributed by atoms with Crippen LogP contribution in [0.4, 0.5) is 0 Å². The number of methoxy groups -OCH3 is 1. The average molecular weight is 364 g/mol. The lowest BCUT2D eigenvalue weighted by Gasteiger charge is -2.12. The first-order valence-electron chi connectivity index (χ1n) is 8.21. The van der Waals surface area contributed by atoms with E-state index in [4.69, 9.17) is 21.1 Å². The molecule has 134 valence electrons. The molecule has 25 heavy (non-hydrogen) atoms. The monoisotopic (exact) mass is 363 g/mol. The van der Waals surface area contributed by atoms with Crippen LogP contribution in [-0.2, 0) is 4.79 Å². The van der Waals surface area contributed by atoms with E-state index < -0.39 is 0 Å². The van der Waals surface area contributed by atoms with E-state index in [1.54, 1.807) is 7.11 Å². The van der Waals surface area contributed by atoms with E-state index in [0.717, 1.165) is 5.56 Å². The van der Waals surface area contributed by atoms with Crippen LogP contribution in [-0.4, -0.2) is 32.7 Å². The molecule has 0 saturated heterocycles. The summed E-state index contributed by atoms with van der Waals surface area (Å²) in [5.41, 5.74) is 1.10. The molecule has 0 bridgehead atoms. The van der Waals surface area contributed by atoms with Gasteiger partial charge in [0.25, 0.3) is 5.91 Å². The normalized spacial score (nSPS) is 11.6. The zero-order valence-electron chi connectivity index (χ0n) is 14.5. The molecule has 6 heteroatoms. The number of rotatable bonds is 9. The molecule has 0 heterocycles. The van der Waals surface area contributed by atoms with Crippen molar-refractivity contribution in [2.75, 3.05) is 26.8 Å². The molecule has 0 aliphatic rings. The summed E-state index contributed by atoms with van der Waals surface area (Å²) in [6.45, 7) is 3.22. The number of hydrogen-bond donors (Lipinski definition) is 2. The highest BCUT2D eigenvalue weighted by molar-refractivity contribution is 6.30. The van der Waals surface area contributed by atoms with E-state index in [-0.39, 0.29) is 11.9 Å². The van der Waals surface area contributed by atoms with E-state index in [2.05, 4.69) is 5.32 Å². The predicted molar refractivity (Wildman–Crippen MR) is 98.2 cm³/mol. The number of nitrogens with two attached hydrogens (primary N) is 1. The Morgan fingerprint density at radius 2 is 1.96 bits per heavy atom. The first kappa shape index (κ1) is 19.1. The smallest absolute Gasteiger partial charge is 0.275 e. The highest BCUT2D eigenvalue weighted by atomic mass is 35.5. The molecule has 1 atom stereocenters. The van der Waals surface area contributed by atoms with Crippen molar-refractivity contribution < 1.29 is 19.6 Å². The minimum absolute atomic E-state index is 0.0301.